The first-order valence-corrected chi connectivity index (χ1v) is 7.57. The molecule has 0 radical (unpaired) electrons. The molecular formula is C16H17NO3. The molecule has 0 N–H and O–H groups in total. The van der Waals surface area contributed by atoms with E-state index < -0.39 is 0 Å². The number of nitrogens with zero attached hydrogens (tertiary/aromatic N) is 1. The number of rotatable bonds is 0. The molecule has 1 aromatic rings. The van der Waals surface area contributed by atoms with Gasteiger partial charge in [0.25, 0.3) is 5.91 Å². The third-order valence-corrected chi connectivity index (χ3v) is 5.52. The Balaban J connectivity index is 1.71. The van der Waals surface area contributed by atoms with Gasteiger partial charge in [-0.1, -0.05) is 6.42 Å². The van der Waals surface area contributed by atoms with Crippen LogP contribution in [0.3, 0.4) is 0 Å². The molecule has 3 aliphatic heterocycles. The summed E-state index contributed by atoms with van der Waals surface area (Å²) >= 11 is 0. The van der Waals surface area contributed by atoms with Gasteiger partial charge in [0.2, 0.25) is 6.79 Å². The van der Waals surface area contributed by atoms with E-state index in [4.69, 9.17) is 9.47 Å². The van der Waals surface area contributed by atoms with E-state index >= 15 is 0 Å². The highest BCUT2D eigenvalue weighted by molar-refractivity contribution is 5.98. The first-order valence-electron chi connectivity index (χ1n) is 7.57. The molecule has 1 amide bonds. The summed E-state index contributed by atoms with van der Waals surface area (Å²) < 4.78 is 10.9. The van der Waals surface area contributed by atoms with Crippen LogP contribution in [-0.4, -0.2) is 30.2 Å². The highest BCUT2D eigenvalue weighted by atomic mass is 16.7. The summed E-state index contributed by atoms with van der Waals surface area (Å²) in [5, 5.41) is 0. The summed E-state index contributed by atoms with van der Waals surface area (Å²) in [6, 6.07) is 4.40. The van der Waals surface area contributed by atoms with Crippen LogP contribution in [0.15, 0.2) is 12.1 Å². The lowest BCUT2D eigenvalue weighted by Gasteiger charge is -2.43. The van der Waals surface area contributed by atoms with Crippen LogP contribution >= 0.6 is 0 Å². The molecule has 4 nitrogen and oxygen atoms in total. The maximum Gasteiger partial charge on any atom is 0.254 e. The molecule has 1 saturated heterocycles. The van der Waals surface area contributed by atoms with E-state index in [9.17, 15) is 4.79 Å². The van der Waals surface area contributed by atoms with E-state index in [1.807, 2.05) is 6.07 Å². The molecule has 1 saturated carbocycles. The Morgan fingerprint density at radius 2 is 1.95 bits per heavy atom. The average molecular weight is 271 g/mol. The van der Waals surface area contributed by atoms with Crippen LogP contribution in [0.5, 0.6) is 11.5 Å². The van der Waals surface area contributed by atoms with E-state index in [2.05, 4.69) is 11.0 Å². The maximum absolute atomic E-state index is 12.8. The summed E-state index contributed by atoms with van der Waals surface area (Å²) in [4.78, 5) is 14.9. The van der Waals surface area contributed by atoms with Crippen LogP contribution in [0.2, 0.25) is 0 Å². The molecular weight excluding hydrogens is 254 g/mol. The van der Waals surface area contributed by atoms with E-state index in [0.717, 1.165) is 23.6 Å². The predicted octanol–water partition coefficient (Wildman–Crippen LogP) is 2.53. The number of carbonyl (C=O) groups is 1. The standard InChI is InChI=1S/C16H17NO3/c18-16-12-7-14-13(19-8-20-14)6-11(12)10-3-1-2-9-4-5-17(16)15(9)10/h6-7,9-10,15H,1-5,8H2/t9-,10+,15+/m0/s1. The quantitative estimate of drug-likeness (QED) is 0.728. The Morgan fingerprint density at radius 1 is 1.10 bits per heavy atom. The second-order valence-corrected chi connectivity index (χ2v) is 6.37. The number of ether oxygens (including phenoxy) is 2. The Hall–Kier alpha value is -1.71. The van der Waals surface area contributed by atoms with Crippen LogP contribution in [0.1, 0.15) is 47.5 Å². The lowest BCUT2D eigenvalue weighted by Crippen LogP contribution is -2.47. The van der Waals surface area contributed by atoms with Gasteiger partial charge in [0, 0.05) is 24.1 Å². The summed E-state index contributed by atoms with van der Waals surface area (Å²) in [5.74, 6) is 2.94. The molecule has 4 aliphatic rings. The molecule has 0 spiro atoms. The van der Waals surface area contributed by atoms with Crippen molar-refractivity contribution in [2.45, 2.75) is 37.6 Å². The number of benzene rings is 1. The number of hydrogen-bond donors (Lipinski definition) is 0. The summed E-state index contributed by atoms with van der Waals surface area (Å²) in [6.07, 6.45) is 4.93. The summed E-state index contributed by atoms with van der Waals surface area (Å²) in [7, 11) is 0. The van der Waals surface area contributed by atoms with Crippen molar-refractivity contribution in [1.29, 1.82) is 0 Å². The van der Waals surface area contributed by atoms with Crippen molar-refractivity contribution < 1.29 is 14.3 Å². The summed E-state index contributed by atoms with van der Waals surface area (Å²) in [6.45, 7) is 1.20. The molecule has 2 fully saturated rings. The average Bonchev–Trinajstić information content (AvgIpc) is 3.10. The van der Waals surface area contributed by atoms with Gasteiger partial charge >= 0.3 is 0 Å². The van der Waals surface area contributed by atoms with Gasteiger partial charge < -0.3 is 14.4 Å². The first-order chi connectivity index (χ1) is 9.83. The lowest BCUT2D eigenvalue weighted by molar-refractivity contribution is 0.0619. The van der Waals surface area contributed by atoms with Crippen LogP contribution in [0.4, 0.5) is 0 Å². The second kappa shape index (κ2) is 3.68. The number of hydrogen-bond acceptors (Lipinski definition) is 3. The van der Waals surface area contributed by atoms with Crippen molar-refractivity contribution in [2.75, 3.05) is 13.3 Å². The minimum Gasteiger partial charge on any atom is -0.454 e. The SMILES string of the molecule is O=C1c2cc3c(cc2[C@H]2CCC[C@H]4CCN1[C@H]42)OCO3. The molecule has 3 atom stereocenters. The zero-order valence-corrected chi connectivity index (χ0v) is 11.3. The number of carbonyl (C=O) groups excluding carboxylic acids is 1. The second-order valence-electron chi connectivity index (χ2n) is 6.37. The van der Waals surface area contributed by atoms with E-state index in [1.165, 1.54) is 31.2 Å². The Bertz CT molecular complexity index is 612. The molecule has 1 aliphatic carbocycles. The van der Waals surface area contributed by atoms with Crippen LogP contribution in [-0.2, 0) is 0 Å². The van der Waals surface area contributed by atoms with Gasteiger partial charge in [-0.25, -0.2) is 0 Å². The van der Waals surface area contributed by atoms with Gasteiger partial charge in [-0.3, -0.25) is 4.79 Å². The molecule has 104 valence electrons. The number of amides is 1. The van der Waals surface area contributed by atoms with E-state index in [1.54, 1.807) is 0 Å². The molecule has 5 rings (SSSR count). The summed E-state index contributed by atoms with van der Waals surface area (Å²) in [5.41, 5.74) is 2.05. The third-order valence-electron chi connectivity index (χ3n) is 5.52. The molecule has 1 aromatic carbocycles. The fraction of sp³-hybridized carbons (Fsp3) is 0.562. The fourth-order valence-corrected chi connectivity index (χ4v) is 4.69. The van der Waals surface area contributed by atoms with Gasteiger partial charge in [-0.2, -0.15) is 0 Å². The van der Waals surface area contributed by atoms with Gasteiger partial charge in [-0.05, 0) is 42.9 Å². The largest absolute Gasteiger partial charge is 0.454 e. The fourth-order valence-electron chi connectivity index (χ4n) is 4.69. The lowest BCUT2D eigenvalue weighted by atomic mass is 9.71. The molecule has 0 bridgehead atoms. The van der Waals surface area contributed by atoms with Crippen LogP contribution < -0.4 is 9.47 Å². The minimum absolute atomic E-state index is 0.198. The molecule has 20 heavy (non-hydrogen) atoms. The smallest absolute Gasteiger partial charge is 0.254 e. The topological polar surface area (TPSA) is 38.8 Å². The van der Waals surface area contributed by atoms with Gasteiger partial charge in [0.05, 0.1) is 0 Å². The molecule has 4 heteroatoms. The van der Waals surface area contributed by atoms with Crippen molar-refractivity contribution in [3.8, 4) is 11.5 Å². The van der Waals surface area contributed by atoms with Crippen molar-refractivity contribution >= 4 is 5.91 Å². The maximum atomic E-state index is 12.8. The highest BCUT2D eigenvalue weighted by Gasteiger charge is 2.49. The molecule has 0 unspecified atom stereocenters. The van der Waals surface area contributed by atoms with Gasteiger partial charge in [-0.15, -0.1) is 0 Å². The molecule has 3 heterocycles. The van der Waals surface area contributed by atoms with Gasteiger partial charge in [0.1, 0.15) is 0 Å². The van der Waals surface area contributed by atoms with Crippen LogP contribution in [0.25, 0.3) is 0 Å². The Morgan fingerprint density at radius 3 is 2.85 bits per heavy atom. The number of fused-ring (bicyclic) bond motifs is 3. The van der Waals surface area contributed by atoms with E-state index in [0.29, 0.717) is 17.9 Å². The van der Waals surface area contributed by atoms with Crippen LogP contribution in [0, 0.1) is 5.92 Å². The highest BCUT2D eigenvalue weighted by Crippen LogP contribution is 2.51. The minimum atomic E-state index is 0.198. The molecule has 0 aromatic heterocycles. The Kier molecular flexibility index (Phi) is 2.03. The normalized spacial score (nSPS) is 33.1. The monoisotopic (exact) mass is 271 g/mol. The zero-order chi connectivity index (χ0) is 13.3. The van der Waals surface area contributed by atoms with E-state index in [-0.39, 0.29) is 12.7 Å². The predicted molar refractivity (Wildman–Crippen MR) is 72.1 cm³/mol. The van der Waals surface area contributed by atoms with Crippen molar-refractivity contribution in [1.82, 2.24) is 4.90 Å². The van der Waals surface area contributed by atoms with Crippen molar-refractivity contribution in [3.05, 3.63) is 23.3 Å². The zero-order valence-electron chi connectivity index (χ0n) is 11.3. The third kappa shape index (κ3) is 1.25. The first kappa shape index (κ1) is 11.0. The Labute approximate surface area is 117 Å². The van der Waals surface area contributed by atoms with Crippen molar-refractivity contribution in [2.24, 2.45) is 5.92 Å². The van der Waals surface area contributed by atoms with Gasteiger partial charge in [0.15, 0.2) is 11.5 Å². The van der Waals surface area contributed by atoms with Crippen molar-refractivity contribution in [3.63, 3.8) is 0 Å².